The molecule has 0 unspecified atom stereocenters. The standard InChI is InChI=1S/C20H14IN/c21-22(19-13-5-9-15-7-1-3-11-17(15)19)20-14-6-10-16-8-2-4-12-18(16)20/h1-14H. The highest BCUT2D eigenvalue weighted by molar-refractivity contribution is 14.1. The van der Waals surface area contributed by atoms with Crippen molar-refractivity contribution in [3.05, 3.63) is 84.9 Å². The van der Waals surface area contributed by atoms with E-state index in [0.717, 1.165) is 0 Å². The molecule has 0 aliphatic heterocycles. The molecule has 0 spiro atoms. The molecule has 0 radical (unpaired) electrons. The van der Waals surface area contributed by atoms with Gasteiger partial charge in [0.05, 0.1) is 34.2 Å². The molecule has 1 nitrogen and oxygen atoms in total. The molecule has 2 heteroatoms. The van der Waals surface area contributed by atoms with Gasteiger partial charge in [0.2, 0.25) is 0 Å². The number of hydrogen-bond donors (Lipinski definition) is 0. The van der Waals surface area contributed by atoms with Crippen LogP contribution >= 0.6 is 22.9 Å². The van der Waals surface area contributed by atoms with E-state index in [9.17, 15) is 0 Å². The molecule has 0 saturated carbocycles. The van der Waals surface area contributed by atoms with Crippen molar-refractivity contribution in [3.8, 4) is 0 Å². The first-order valence-corrected chi connectivity index (χ1v) is 8.22. The smallest absolute Gasteiger partial charge is 0.0646 e. The lowest BCUT2D eigenvalue weighted by atomic mass is 10.1. The predicted octanol–water partition coefficient (Wildman–Crippen LogP) is 6.48. The maximum atomic E-state index is 2.40. The van der Waals surface area contributed by atoms with Crippen molar-refractivity contribution in [1.29, 1.82) is 0 Å². The molecular weight excluding hydrogens is 381 g/mol. The third kappa shape index (κ3) is 2.24. The molecule has 4 aromatic rings. The Bertz CT molecular complexity index is 872. The molecule has 0 aromatic heterocycles. The topological polar surface area (TPSA) is 3.24 Å². The van der Waals surface area contributed by atoms with Crippen molar-refractivity contribution in [2.75, 3.05) is 3.11 Å². The Hall–Kier alpha value is -2.07. The number of hydrogen-bond acceptors (Lipinski definition) is 1. The van der Waals surface area contributed by atoms with Gasteiger partial charge in [0.15, 0.2) is 0 Å². The average Bonchev–Trinajstić information content (AvgIpc) is 2.60. The van der Waals surface area contributed by atoms with Crippen LogP contribution in [-0.2, 0) is 0 Å². The van der Waals surface area contributed by atoms with Gasteiger partial charge < -0.3 is 0 Å². The van der Waals surface area contributed by atoms with E-state index in [-0.39, 0.29) is 0 Å². The van der Waals surface area contributed by atoms with Crippen LogP contribution in [0.4, 0.5) is 11.4 Å². The molecule has 0 fully saturated rings. The van der Waals surface area contributed by atoms with Gasteiger partial charge in [-0.3, -0.25) is 3.11 Å². The molecule has 0 heterocycles. The van der Waals surface area contributed by atoms with Gasteiger partial charge >= 0.3 is 0 Å². The molecule has 22 heavy (non-hydrogen) atoms. The second-order valence-electron chi connectivity index (χ2n) is 5.28. The summed E-state index contributed by atoms with van der Waals surface area (Å²) < 4.78 is 2.25. The molecule has 4 aromatic carbocycles. The zero-order valence-electron chi connectivity index (χ0n) is 11.9. The summed E-state index contributed by atoms with van der Waals surface area (Å²) in [7, 11) is 0. The molecule has 0 saturated heterocycles. The molecule has 106 valence electrons. The SMILES string of the molecule is IN(c1cccc2ccccc12)c1cccc2ccccc12. The van der Waals surface area contributed by atoms with Gasteiger partial charge in [0.25, 0.3) is 0 Å². The lowest BCUT2D eigenvalue weighted by Gasteiger charge is -2.20. The number of anilines is 2. The molecule has 0 aliphatic rings. The lowest BCUT2D eigenvalue weighted by molar-refractivity contribution is 1.52. The normalized spacial score (nSPS) is 11.0. The van der Waals surface area contributed by atoms with Crippen molar-refractivity contribution in [2.24, 2.45) is 0 Å². The van der Waals surface area contributed by atoms with E-state index in [1.54, 1.807) is 0 Å². The third-order valence-corrected chi connectivity index (χ3v) is 5.00. The second kappa shape index (κ2) is 5.61. The van der Waals surface area contributed by atoms with Crippen LogP contribution in [0.2, 0.25) is 0 Å². The molecule has 0 atom stereocenters. The second-order valence-corrected chi connectivity index (χ2v) is 6.24. The van der Waals surface area contributed by atoms with E-state index in [2.05, 4.69) is 111 Å². The Morgan fingerprint density at radius 2 is 0.909 bits per heavy atom. The van der Waals surface area contributed by atoms with Crippen LogP contribution in [0.15, 0.2) is 84.9 Å². The van der Waals surface area contributed by atoms with Crippen molar-refractivity contribution in [1.82, 2.24) is 0 Å². The number of rotatable bonds is 2. The Balaban J connectivity index is 1.94. The maximum Gasteiger partial charge on any atom is 0.0646 e. The molecule has 4 rings (SSSR count). The van der Waals surface area contributed by atoms with Crippen molar-refractivity contribution in [2.45, 2.75) is 0 Å². The Labute approximate surface area is 143 Å². The lowest BCUT2D eigenvalue weighted by Crippen LogP contribution is -2.02. The van der Waals surface area contributed by atoms with Crippen LogP contribution in [0, 0.1) is 0 Å². The molecule has 0 N–H and O–H groups in total. The molecule has 0 amide bonds. The quantitative estimate of drug-likeness (QED) is 0.277. The highest BCUT2D eigenvalue weighted by Gasteiger charge is 2.11. The maximum absolute atomic E-state index is 2.40. The summed E-state index contributed by atoms with van der Waals surface area (Å²) >= 11 is 2.40. The summed E-state index contributed by atoms with van der Waals surface area (Å²) in [5.74, 6) is 0. The van der Waals surface area contributed by atoms with E-state index in [1.807, 2.05) is 0 Å². The molecular formula is C20H14IN. The monoisotopic (exact) mass is 395 g/mol. The van der Waals surface area contributed by atoms with E-state index >= 15 is 0 Å². The van der Waals surface area contributed by atoms with Gasteiger partial charge in [-0.25, -0.2) is 0 Å². The number of fused-ring (bicyclic) bond motifs is 2. The highest BCUT2D eigenvalue weighted by Crippen LogP contribution is 2.38. The van der Waals surface area contributed by atoms with Crippen molar-refractivity contribution >= 4 is 55.8 Å². The Morgan fingerprint density at radius 1 is 0.500 bits per heavy atom. The predicted molar refractivity (Wildman–Crippen MR) is 104 cm³/mol. The minimum Gasteiger partial charge on any atom is -0.282 e. The highest BCUT2D eigenvalue weighted by atomic mass is 127. The zero-order chi connectivity index (χ0) is 14.9. The molecule has 0 bridgehead atoms. The van der Waals surface area contributed by atoms with Crippen molar-refractivity contribution < 1.29 is 0 Å². The number of halogens is 1. The van der Waals surface area contributed by atoms with Crippen LogP contribution in [0.1, 0.15) is 0 Å². The Morgan fingerprint density at radius 3 is 1.41 bits per heavy atom. The minimum atomic E-state index is 1.22. The fourth-order valence-electron chi connectivity index (χ4n) is 2.89. The summed E-state index contributed by atoms with van der Waals surface area (Å²) in [5.41, 5.74) is 2.44. The third-order valence-electron chi connectivity index (χ3n) is 3.96. The fraction of sp³-hybridized carbons (Fsp3) is 0. The summed E-state index contributed by atoms with van der Waals surface area (Å²) in [6.45, 7) is 0. The van der Waals surface area contributed by atoms with Gasteiger partial charge in [-0.05, 0) is 22.9 Å². The fourth-order valence-corrected chi connectivity index (χ4v) is 3.73. The van der Waals surface area contributed by atoms with Crippen LogP contribution in [-0.4, -0.2) is 0 Å². The van der Waals surface area contributed by atoms with Crippen LogP contribution in [0.3, 0.4) is 0 Å². The van der Waals surface area contributed by atoms with Crippen LogP contribution in [0.5, 0.6) is 0 Å². The van der Waals surface area contributed by atoms with Gasteiger partial charge in [-0.1, -0.05) is 72.8 Å². The largest absolute Gasteiger partial charge is 0.282 e. The van der Waals surface area contributed by atoms with Gasteiger partial charge in [-0.2, -0.15) is 0 Å². The molecule has 0 aliphatic carbocycles. The van der Waals surface area contributed by atoms with Crippen molar-refractivity contribution in [3.63, 3.8) is 0 Å². The summed E-state index contributed by atoms with van der Waals surface area (Å²) in [6, 6.07) is 30.0. The van der Waals surface area contributed by atoms with Crippen LogP contribution in [0.25, 0.3) is 21.5 Å². The summed E-state index contributed by atoms with van der Waals surface area (Å²) in [5, 5.41) is 5.07. The van der Waals surface area contributed by atoms with Gasteiger partial charge in [-0.15, -0.1) is 0 Å². The number of nitrogens with zero attached hydrogens (tertiary/aromatic N) is 1. The van der Waals surface area contributed by atoms with E-state index in [1.165, 1.54) is 32.9 Å². The first kappa shape index (κ1) is 13.6. The average molecular weight is 395 g/mol. The van der Waals surface area contributed by atoms with E-state index in [4.69, 9.17) is 0 Å². The minimum absolute atomic E-state index is 1.22. The van der Waals surface area contributed by atoms with E-state index < -0.39 is 0 Å². The van der Waals surface area contributed by atoms with E-state index in [0.29, 0.717) is 0 Å². The summed E-state index contributed by atoms with van der Waals surface area (Å²) in [4.78, 5) is 0. The van der Waals surface area contributed by atoms with Gasteiger partial charge in [0.1, 0.15) is 0 Å². The Kier molecular flexibility index (Phi) is 3.47. The van der Waals surface area contributed by atoms with Gasteiger partial charge in [0, 0.05) is 10.8 Å². The first-order chi connectivity index (χ1) is 10.8. The zero-order valence-corrected chi connectivity index (χ0v) is 14.1. The summed E-state index contributed by atoms with van der Waals surface area (Å²) in [6.07, 6.45) is 0. The number of benzene rings is 4. The van der Waals surface area contributed by atoms with Crippen LogP contribution < -0.4 is 3.11 Å². The first-order valence-electron chi connectivity index (χ1n) is 7.26.